The van der Waals surface area contributed by atoms with E-state index in [9.17, 15) is 13.2 Å². The predicted molar refractivity (Wildman–Crippen MR) is 86.1 cm³/mol. The van der Waals surface area contributed by atoms with Gasteiger partial charge in [0.25, 0.3) is 0 Å². The van der Waals surface area contributed by atoms with Gasteiger partial charge in [-0.25, -0.2) is 0 Å². The monoisotopic (exact) mass is 318 g/mol. The van der Waals surface area contributed by atoms with Crippen molar-refractivity contribution in [3.05, 3.63) is 11.8 Å². The molecule has 0 aliphatic heterocycles. The van der Waals surface area contributed by atoms with Gasteiger partial charge in [-0.3, -0.25) is 4.99 Å². The number of nitrogens with one attached hydrogen (secondary N) is 1. The number of hydrogen-bond donors (Lipinski definition) is 1. The highest BCUT2D eigenvalue weighted by atomic mass is 19.4. The quantitative estimate of drug-likeness (QED) is 0.676. The average molecular weight is 318 g/mol. The van der Waals surface area contributed by atoms with E-state index in [4.69, 9.17) is 0 Å². The highest BCUT2D eigenvalue weighted by Crippen LogP contribution is 2.39. The molecule has 1 N–H and O–H groups in total. The van der Waals surface area contributed by atoms with Gasteiger partial charge in [-0.1, -0.05) is 12.5 Å². The van der Waals surface area contributed by atoms with Crippen molar-refractivity contribution in [2.45, 2.75) is 72.0 Å². The fourth-order valence-electron chi connectivity index (χ4n) is 2.91. The molecular formula is C17H29F3N2. The van der Waals surface area contributed by atoms with Gasteiger partial charge in [-0.2, -0.15) is 13.2 Å². The van der Waals surface area contributed by atoms with Crippen LogP contribution < -0.4 is 5.32 Å². The van der Waals surface area contributed by atoms with Crippen LogP contribution in [0.5, 0.6) is 0 Å². The summed E-state index contributed by atoms with van der Waals surface area (Å²) in [5.74, 6) is -0.740. The predicted octanol–water partition coefficient (Wildman–Crippen LogP) is 5.11. The molecule has 0 aromatic carbocycles. The van der Waals surface area contributed by atoms with Crippen LogP contribution in [0.1, 0.15) is 59.8 Å². The number of aliphatic imine (C=N–C) groups is 1. The fourth-order valence-corrected chi connectivity index (χ4v) is 2.91. The summed E-state index contributed by atoms with van der Waals surface area (Å²) in [4.78, 5) is 4.45. The van der Waals surface area contributed by atoms with Gasteiger partial charge in [-0.05, 0) is 65.3 Å². The lowest BCUT2D eigenvalue weighted by molar-refractivity contribution is -0.183. The van der Waals surface area contributed by atoms with Crippen LogP contribution in [0, 0.1) is 11.8 Å². The number of hydrogen-bond acceptors (Lipinski definition) is 2. The smallest absolute Gasteiger partial charge is 0.309 e. The summed E-state index contributed by atoms with van der Waals surface area (Å²) in [6.07, 6.45) is 0.653. The Balaban J connectivity index is 2.42. The van der Waals surface area contributed by atoms with Crippen LogP contribution in [0.15, 0.2) is 16.8 Å². The second-order valence-corrected chi connectivity index (χ2v) is 6.61. The molecule has 0 heterocycles. The molecular weight excluding hydrogens is 289 g/mol. The molecule has 2 nitrogen and oxygen atoms in total. The molecule has 22 heavy (non-hydrogen) atoms. The van der Waals surface area contributed by atoms with Gasteiger partial charge in [-0.15, -0.1) is 0 Å². The lowest BCUT2D eigenvalue weighted by Crippen LogP contribution is -2.39. The Bertz CT molecular complexity index is 387. The average Bonchev–Trinajstić information content (AvgIpc) is 2.45. The molecule has 0 aromatic heterocycles. The molecule has 1 aliphatic carbocycles. The van der Waals surface area contributed by atoms with Crippen LogP contribution in [-0.2, 0) is 0 Å². The van der Waals surface area contributed by atoms with E-state index >= 15 is 0 Å². The molecule has 1 rings (SSSR count). The van der Waals surface area contributed by atoms with Gasteiger partial charge in [0.1, 0.15) is 0 Å². The second-order valence-electron chi connectivity index (χ2n) is 6.61. The molecule has 0 bridgehead atoms. The molecule has 128 valence electrons. The first-order valence-corrected chi connectivity index (χ1v) is 8.21. The lowest BCUT2D eigenvalue weighted by Gasteiger charge is -2.31. The van der Waals surface area contributed by atoms with Crippen LogP contribution in [0.25, 0.3) is 0 Å². The van der Waals surface area contributed by atoms with Crippen molar-refractivity contribution in [2.24, 2.45) is 16.8 Å². The van der Waals surface area contributed by atoms with Gasteiger partial charge in [0.05, 0.1) is 5.92 Å². The zero-order valence-electron chi connectivity index (χ0n) is 14.1. The van der Waals surface area contributed by atoms with Crippen molar-refractivity contribution in [2.75, 3.05) is 6.54 Å². The first-order chi connectivity index (χ1) is 10.2. The topological polar surface area (TPSA) is 24.4 Å². The zero-order valence-corrected chi connectivity index (χ0v) is 14.1. The minimum atomic E-state index is -4.02. The number of nitrogens with zero attached hydrogens (tertiary/aromatic N) is 1. The Kier molecular flexibility index (Phi) is 7.60. The highest BCUT2D eigenvalue weighted by Gasteiger charge is 2.41. The molecule has 0 spiro atoms. The van der Waals surface area contributed by atoms with E-state index in [1.54, 1.807) is 0 Å². The number of halogens is 3. The van der Waals surface area contributed by atoms with E-state index in [1.165, 1.54) is 0 Å². The molecule has 0 amide bonds. The summed E-state index contributed by atoms with van der Waals surface area (Å²) in [6, 6.07) is 0.205. The zero-order chi connectivity index (χ0) is 16.8. The van der Waals surface area contributed by atoms with Gasteiger partial charge in [0.2, 0.25) is 0 Å². The molecule has 5 heteroatoms. The molecule has 1 fully saturated rings. The third kappa shape index (κ3) is 6.51. The van der Waals surface area contributed by atoms with Crippen molar-refractivity contribution >= 4 is 5.71 Å². The molecule has 0 aromatic rings. The first-order valence-electron chi connectivity index (χ1n) is 8.21. The number of alkyl halides is 3. The summed E-state index contributed by atoms with van der Waals surface area (Å²) in [5.41, 5.74) is 2.19. The van der Waals surface area contributed by atoms with E-state index in [2.05, 4.69) is 17.2 Å². The molecule has 1 saturated carbocycles. The van der Waals surface area contributed by atoms with Crippen LogP contribution in [-0.4, -0.2) is 24.5 Å². The maximum Gasteiger partial charge on any atom is 0.391 e. The SMILES string of the molecule is CC[C@H](NCC1CCC(C(F)(F)F)CC1)C(C)=NC=C(C)C. The van der Waals surface area contributed by atoms with Crippen LogP contribution in [0.3, 0.4) is 0 Å². The Morgan fingerprint density at radius 2 is 1.77 bits per heavy atom. The summed E-state index contributed by atoms with van der Waals surface area (Å²) in [5, 5.41) is 3.47. The van der Waals surface area contributed by atoms with Crippen molar-refractivity contribution in [1.82, 2.24) is 5.32 Å². The highest BCUT2D eigenvalue weighted by molar-refractivity contribution is 5.87. The van der Waals surface area contributed by atoms with E-state index < -0.39 is 12.1 Å². The Hall–Kier alpha value is -0.840. The summed E-state index contributed by atoms with van der Waals surface area (Å²) in [7, 11) is 0. The van der Waals surface area contributed by atoms with E-state index in [-0.39, 0.29) is 18.9 Å². The summed E-state index contributed by atoms with van der Waals surface area (Å²) < 4.78 is 38.0. The van der Waals surface area contributed by atoms with Gasteiger partial charge < -0.3 is 5.32 Å². The van der Waals surface area contributed by atoms with E-state index in [0.717, 1.165) is 24.3 Å². The fraction of sp³-hybridized carbons (Fsp3) is 0.824. The van der Waals surface area contributed by atoms with Crippen LogP contribution in [0.2, 0.25) is 0 Å². The van der Waals surface area contributed by atoms with Gasteiger partial charge in [0.15, 0.2) is 0 Å². The summed E-state index contributed by atoms with van der Waals surface area (Å²) in [6.45, 7) is 8.89. The molecule has 0 unspecified atom stereocenters. The molecule has 0 saturated heterocycles. The van der Waals surface area contributed by atoms with Crippen LogP contribution in [0.4, 0.5) is 13.2 Å². The normalized spacial score (nSPS) is 25.0. The largest absolute Gasteiger partial charge is 0.391 e. The first kappa shape index (κ1) is 19.2. The number of allylic oxidation sites excluding steroid dienone is 1. The Morgan fingerprint density at radius 1 is 1.18 bits per heavy atom. The van der Waals surface area contributed by atoms with Crippen molar-refractivity contribution < 1.29 is 13.2 Å². The maximum atomic E-state index is 12.7. The summed E-state index contributed by atoms with van der Waals surface area (Å²) >= 11 is 0. The minimum Gasteiger partial charge on any atom is -0.309 e. The lowest BCUT2D eigenvalue weighted by atomic mass is 9.81. The third-order valence-electron chi connectivity index (χ3n) is 4.40. The Morgan fingerprint density at radius 3 is 2.23 bits per heavy atom. The third-order valence-corrected chi connectivity index (χ3v) is 4.40. The number of rotatable bonds is 6. The van der Waals surface area contributed by atoms with E-state index in [0.29, 0.717) is 18.8 Å². The molecule has 1 atom stereocenters. The molecule has 0 radical (unpaired) electrons. The molecule has 1 aliphatic rings. The van der Waals surface area contributed by atoms with Crippen molar-refractivity contribution in [1.29, 1.82) is 0 Å². The minimum absolute atomic E-state index is 0.205. The standard InChI is InChI=1S/C17H29F3N2/c1-5-16(13(4)21-10-12(2)3)22-11-14-6-8-15(9-7-14)17(18,19)20/h10,14-16,22H,5-9,11H2,1-4H3/t14?,15?,16-/m0/s1. The van der Waals surface area contributed by atoms with E-state index in [1.807, 2.05) is 27.0 Å². The Labute approximate surface area is 132 Å². The van der Waals surface area contributed by atoms with Crippen molar-refractivity contribution in [3.63, 3.8) is 0 Å². The van der Waals surface area contributed by atoms with Gasteiger partial charge >= 0.3 is 6.18 Å². The van der Waals surface area contributed by atoms with Crippen LogP contribution >= 0.6 is 0 Å². The maximum absolute atomic E-state index is 12.7. The second kappa shape index (κ2) is 8.70. The van der Waals surface area contributed by atoms with Crippen molar-refractivity contribution in [3.8, 4) is 0 Å². The van der Waals surface area contributed by atoms with Gasteiger partial charge in [0, 0.05) is 18.0 Å².